The van der Waals surface area contributed by atoms with E-state index in [0.717, 1.165) is 6.07 Å². The summed E-state index contributed by atoms with van der Waals surface area (Å²) in [6, 6.07) is 7.56. The molecule has 1 atom stereocenters. The Morgan fingerprint density at radius 2 is 2.10 bits per heavy atom. The highest BCUT2D eigenvalue weighted by molar-refractivity contribution is 7.93. The van der Waals surface area contributed by atoms with Gasteiger partial charge in [-0.2, -0.15) is 5.26 Å². The number of amides is 1. The second-order valence-corrected chi connectivity index (χ2v) is 9.49. The smallest absolute Gasteiger partial charge is 0.274 e. The molecule has 0 aliphatic carbocycles. The van der Waals surface area contributed by atoms with Crippen molar-refractivity contribution in [3.05, 3.63) is 59.2 Å². The summed E-state index contributed by atoms with van der Waals surface area (Å²) in [7, 11) is -3.64. The molecule has 3 heterocycles. The number of nitrogens with zero attached hydrogens (tertiary/aromatic N) is 3. The van der Waals surface area contributed by atoms with Gasteiger partial charge >= 0.3 is 0 Å². The number of hydrogen-bond acceptors (Lipinski definition) is 8. The second kappa shape index (κ2) is 7.16. The first kappa shape index (κ1) is 19.9. The van der Waals surface area contributed by atoms with Crippen LogP contribution in [0.15, 0.2) is 41.5 Å². The molecule has 1 saturated heterocycles. The molecule has 2 aromatic rings. The quantitative estimate of drug-likeness (QED) is 0.644. The van der Waals surface area contributed by atoms with Gasteiger partial charge in [0.15, 0.2) is 14.6 Å². The highest BCUT2D eigenvalue weighted by atomic mass is 32.2. The van der Waals surface area contributed by atoms with E-state index in [1.54, 1.807) is 0 Å². The third-order valence-electron chi connectivity index (χ3n) is 5.29. The molecule has 1 aromatic carbocycles. The van der Waals surface area contributed by atoms with Gasteiger partial charge < -0.3 is 16.4 Å². The van der Waals surface area contributed by atoms with Crippen molar-refractivity contribution in [2.24, 2.45) is 10.7 Å². The van der Waals surface area contributed by atoms with Gasteiger partial charge in [0, 0.05) is 30.5 Å². The minimum absolute atomic E-state index is 0.0224. The standard InChI is InChI=1S/C19H17FN6O3S/c20-14-3-2-12(25-17(27)15-4-1-11(6-21)7-24-15)5-13(14)16-8-30(28,29)19(9-23-10-19)18(22)26-16/h1-5,7,16,23H,8-10H2,(H2,22,26)(H,25,27). The number of sulfone groups is 1. The molecule has 1 fully saturated rings. The number of nitrogens with two attached hydrogens (primary N) is 1. The van der Waals surface area contributed by atoms with Crippen LogP contribution in [0.4, 0.5) is 10.1 Å². The second-order valence-electron chi connectivity index (χ2n) is 7.14. The van der Waals surface area contributed by atoms with Crippen LogP contribution in [0.3, 0.4) is 0 Å². The lowest BCUT2D eigenvalue weighted by molar-refractivity contribution is 0.102. The monoisotopic (exact) mass is 428 g/mol. The van der Waals surface area contributed by atoms with Gasteiger partial charge in [-0.15, -0.1) is 0 Å². The van der Waals surface area contributed by atoms with E-state index in [1.807, 2.05) is 6.07 Å². The molecule has 0 radical (unpaired) electrons. The van der Waals surface area contributed by atoms with Gasteiger partial charge in [0.1, 0.15) is 23.4 Å². The van der Waals surface area contributed by atoms with Gasteiger partial charge in [-0.3, -0.25) is 9.79 Å². The van der Waals surface area contributed by atoms with E-state index in [4.69, 9.17) is 11.0 Å². The highest BCUT2D eigenvalue weighted by Gasteiger charge is 2.55. The molecule has 1 amide bonds. The van der Waals surface area contributed by atoms with Gasteiger partial charge in [0.05, 0.1) is 17.4 Å². The summed E-state index contributed by atoms with van der Waals surface area (Å²) in [6.45, 7) is 0.376. The number of aromatic nitrogens is 1. The van der Waals surface area contributed by atoms with E-state index in [0.29, 0.717) is 5.56 Å². The van der Waals surface area contributed by atoms with Gasteiger partial charge in [-0.05, 0) is 30.3 Å². The number of pyridine rings is 1. The summed E-state index contributed by atoms with van der Waals surface area (Å²) < 4.78 is 38.8. The summed E-state index contributed by atoms with van der Waals surface area (Å²) >= 11 is 0. The first-order chi connectivity index (χ1) is 14.3. The van der Waals surface area contributed by atoms with Crippen LogP contribution in [-0.4, -0.2) is 48.7 Å². The Balaban J connectivity index is 1.61. The molecule has 30 heavy (non-hydrogen) atoms. The normalized spacial score (nSPS) is 21.2. The number of halogens is 1. The van der Waals surface area contributed by atoms with Crippen molar-refractivity contribution in [1.82, 2.24) is 10.3 Å². The number of anilines is 1. The molecule has 9 nitrogen and oxygen atoms in total. The molecular weight excluding hydrogens is 411 g/mol. The maximum Gasteiger partial charge on any atom is 0.274 e. The Kier molecular flexibility index (Phi) is 4.76. The number of benzene rings is 1. The van der Waals surface area contributed by atoms with Crippen LogP contribution in [-0.2, 0) is 9.84 Å². The van der Waals surface area contributed by atoms with E-state index >= 15 is 0 Å². The van der Waals surface area contributed by atoms with Crippen molar-refractivity contribution >= 4 is 27.3 Å². The maximum atomic E-state index is 14.5. The molecule has 1 spiro atoms. The fraction of sp³-hybridized carbons (Fsp3) is 0.263. The van der Waals surface area contributed by atoms with Crippen molar-refractivity contribution in [3.8, 4) is 6.07 Å². The third-order valence-corrected chi connectivity index (χ3v) is 7.74. The Morgan fingerprint density at radius 3 is 2.67 bits per heavy atom. The Morgan fingerprint density at radius 1 is 1.33 bits per heavy atom. The molecule has 0 bridgehead atoms. The summed E-state index contributed by atoms with van der Waals surface area (Å²) in [6.07, 6.45) is 1.26. The summed E-state index contributed by atoms with van der Waals surface area (Å²) in [5.74, 6) is -1.62. The molecule has 0 saturated carbocycles. The maximum absolute atomic E-state index is 14.5. The zero-order valence-electron chi connectivity index (χ0n) is 15.6. The highest BCUT2D eigenvalue weighted by Crippen LogP contribution is 2.36. The largest absolute Gasteiger partial charge is 0.386 e. The lowest BCUT2D eigenvalue weighted by atomic mass is 9.99. The van der Waals surface area contributed by atoms with E-state index in [-0.39, 0.29) is 41.6 Å². The van der Waals surface area contributed by atoms with Crippen molar-refractivity contribution in [2.45, 2.75) is 10.8 Å². The van der Waals surface area contributed by atoms with Gasteiger partial charge in [0.25, 0.3) is 5.91 Å². The van der Waals surface area contributed by atoms with Crippen molar-refractivity contribution in [1.29, 1.82) is 5.26 Å². The van der Waals surface area contributed by atoms with Crippen molar-refractivity contribution < 1.29 is 17.6 Å². The van der Waals surface area contributed by atoms with Crippen LogP contribution in [0.5, 0.6) is 0 Å². The average Bonchev–Trinajstić information content (AvgIpc) is 2.67. The fourth-order valence-corrected chi connectivity index (χ4v) is 5.43. The number of nitrogens with one attached hydrogen (secondary N) is 2. The molecule has 11 heteroatoms. The van der Waals surface area contributed by atoms with E-state index < -0.39 is 32.4 Å². The molecular formula is C19H17FN6O3S. The molecule has 4 N–H and O–H groups in total. The van der Waals surface area contributed by atoms with E-state index in [2.05, 4.69) is 20.6 Å². The minimum Gasteiger partial charge on any atom is -0.386 e. The number of rotatable bonds is 3. The van der Waals surface area contributed by atoms with Crippen LogP contribution >= 0.6 is 0 Å². The fourth-order valence-electron chi connectivity index (χ4n) is 3.43. The summed E-state index contributed by atoms with van der Waals surface area (Å²) in [5.41, 5.74) is 6.61. The van der Waals surface area contributed by atoms with Crippen LogP contribution in [0.2, 0.25) is 0 Å². The zero-order valence-corrected chi connectivity index (χ0v) is 16.4. The zero-order chi connectivity index (χ0) is 21.5. The van der Waals surface area contributed by atoms with E-state index in [1.165, 1.54) is 30.5 Å². The van der Waals surface area contributed by atoms with Gasteiger partial charge in [-0.25, -0.2) is 17.8 Å². The first-order valence-electron chi connectivity index (χ1n) is 8.99. The Labute approximate surface area is 171 Å². The summed E-state index contributed by atoms with van der Waals surface area (Å²) in [5, 5.41) is 14.3. The average molecular weight is 428 g/mol. The number of hydrogen-bond donors (Lipinski definition) is 3. The molecule has 154 valence electrons. The molecule has 4 rings (SSSR count). The first-order valence-corrected chi connectivity index (χ1v) is 10.6. The van der Waals surface area contributed by atoms with Crippen LogP contribution in [0.25, 0.3) is 0 Å². The number of carbonyl (C=O) groups excluding carboxylic acids is 1. The molecule has 1 unspecified atom stereocenters. The van der Waals surface area contributed by atoms with Crippen LogP contribution in [0.1, 0.15) is 27.7 Å². The predicted octanol–water partition coefficient (Wildman–Crippen LogP) is 0.513. The third kappa shape index (κ3) is 3.20. The van der Waals surface area contributed by atoms with E-state index in [9.17, 15) is 17.6 Å². The van der Waals surface area contributed by atoms with Crippen molar-refractivity contribution in [2.75, 3.05) is 24.2 Å². The van der Waals surface area contributed by atoms with Crippen molar-refractivity contribution in [3.63, 3.8) is 0 Å². The lowest BCUT2D eigenvalue weighted by Crippen LogP contribution is -2.72. The van der Waals surface area contributed by atoms with Crippen LogP contribution in [0, 0.1) is 17.1 Å². The number of nitriles is 1. The summed E-state index contributed by atoms with van der Waals surface area (Å²) in [4.78, 5) is 20.5. The number of amidine groups is 1. The number of carbonyl (C=O) groups is 1. The Bertz CT molecular complexity index is 1200. The van der Waals surface area contributed by atoms with Crippen LogP contribution < -0.4 is 16.4 Å². The molecule has 2 aliphatic heterocycles. The topological polar surface area (TPSA) is 150 Å². The number of aliphatic imine (C=N–C) groups is 1. The lowest BCUT2D eigenvalue weighted by Gasteiger charge is -2.44. The van der Waals surface area contributed by atoms with Gasteiger partial charge in [-0.1, -0.05) is 0 Å². The Hall–Kier alpha value is -3.36. The molecule has 2 aliphatic rings. The SMILES string of the molecule is N#Cc1ccc(C(=O)Nc2ccc(F)c(C3CS(=O)(=O)C4(CNC4)C(N)=N3)c2)nc1. The van der Waals surface area contributed by atoms with Gasteiger partial charge in [0.2, 0.25) is 0 Å². The minimum atomic E-state index is -3.64. The molecule has 1 aromatic heterocycles. The predicted molar refractivity (Wildman–Crippen MR) is 107 cm³/mol.